The van der Waals surface area contributed by atoms with Gasteiger partial charge in [0, 0.05) is 43.9 Å². The average molecular weight is 353 g/mol. The number of hydrazone groups is 1. The van der Waals surface area contributed by atoms with Crippen LogP contribution in [0.1, 0.15) is 5.56 Å². The first-order valence-electron chi connectivity index (χ1n) is 7.40. The van der Waals surface area contributed by atoms with Gasteiger partial charge < -0.3 is 15.2 Å². The number of thiocarbonyl (C=S) groups is 1. The number of aromatic hydroxyl groups is 1. The molecule has 1 saturated heterocycles. The predicted molar refractivity (Wildman–Crippen MR) is 93.4 cm³/mol. The molecule has 0 bridgehead atoms. The molecule has 0 amide bonds. The molecule has 1 aromatic carbocycles. The molecule has 3 N–H and O–H groups in total. The monoisotopic (exact) mass is 353 g/mol. The van der Waals surface area contributed by atoms with E-state index in [0.717, 1.165) is 32.8 Å². The normalized spacial score (nSPS) is 15.3. The molecular formula is C14H19N5O4S. The Kier molecular flexibility index (Phi) is 6.85. The van der Waals surface area contributed by atoms with Crippen molar-refractivity contribution in [3.63, 3.8) is 0 Å². The Morgan fingerprint density at radius 2 is 2.25 bits per heavy atom. The highest BCUT2D eigenvalue weighted by molar-refractivity contribution is 7.80. The summed E-state index contributed by atoms with van der Waals surface area (Å²) < 4.78 is 5.27. The molecule has 0 aromatic heterocycles. The first kappa shape index (κ1) is 18.0. The van der Waals surface area contributed by atoms with E-state index < -0.39 is 4.92 Å². The second-order valence-electron chi connectivity index (χ2n) is 5.08. The molecule has 1 aliphatic heterocycles. The maximum Gasteiger partial charge on any atom is 0.270 e. The van der Waals surface area contributed by atoms with Crippen molar-refractivity contribution in [3.8, 4) is 5.75 Å². The van der Waals surface area contributed by atoms with E-state index in [1.54, 1.807) is 0 Å². The molecule has 24 heavy (non-hydrogen) atoms. The van der Waals surface area contributed by atoms with Gasteiger partial charge >= 0.3 is 0 Å². The number of rotatable bonds is 6. The number of ether oxygens (including phenoxy) is 1. The summed E-state index contributed by atoms with van der Waals surface area (Å²) in [7, 11) is 0. The van der Waals surface area contributed by atoms with Crippen molar-refractivity contribution in [1.82, 2.24) is 15.6 Å². The smallest absolute Gasteiger partial charge is 0.270 e. The first-order chi connectivity index (χ1) is 11.6. The molecule has 2 rings (SSSR count). The Balaban J connectivity index is 1.75. The van der Waals surface area contributed by atoms with Gasteiger partial charge in [0.1, 0.15) is 5.75 Å². The van der Waals surface area contributed by atoms with E-state index in [9.17, 15) is 15.2 Å². The van der Waals surface area contributed by atoms with Crippen molar-refractivity contribution in [2.45, 2.75) is 0 Å². The number of hydrogen-bond donors (Lipinski definition) is 3. The van der Waals surface area contributed by atoms with Crippen LogP contribution in [-0.2, 0) is 4.74 Å². The third-order valence-corrected chi connectivity index (χ3v) is 3.64. The van der Waals surface area contributed by atoms with Crippen molar-refractivity contribution >= 4 is 29.2 Å². The number of nitro groups is 1. The summed E-state index contributed by atoms with van der Waals surface area (Å²) in [6.07, 6.45) is 1.28. The van der Waals surface area contributed by atoms with Crippen LogP contribution in [0.5, 0.6) is 5.75 Å². The summed E-state index contributed by atoms with van der Waals surface area (Å²) in [4.78, 5) is 12.4. The molecule has 0 saturated carbocycles. The highest BCUT2D eigenvalue weighted by Crippen LogP contribution is 2.21. The van der Waals surface area contributed by atoms with Crippen LogP contribution in [0, 0.1) is 10.1 Å². The third kappa shape index (κ3) is 5.72. The van der Waals surface area contributed by atoms with Crippen LogP contribution in [-0.4, -0.2) is 65.6 Å². The SMILES string of the molecule is O=[N+]([O-])c1ccc(O)c(/C=N\NC(=S)NCCN2CCOCC2)c1. The van der Waals surface area contributed by atoms with Gasteiger partial charge in [-0.3, -0.25) is 20.4 Å². The fourth-order valence-electron chi connectivity index (χ4n) is 2.11. The summed E-state index contributed by atoms with van der Waals surface area (Å²) in [6, 6.07) is 3.70. The van der Waals surface area contributed by atoms with Gasteiger partial charge in [0.2, 0.25) is 0 Å². The van der Waals surface area contributed by atoms with Crippen molar-refractivity contribution < 1.29 is 14.8 Å². The minimum atomic E-state index is -0.540. The molecule has 1 fully saturated rings. The summed E-state index contributed by atoms with van der Waals surface area (Å²) >= 11 is 5.09. The van der Waals surface area contributed by atoms with Gasteiger partial charge in [-0.1, -0.05) is 0 Å². The van der Waals surface area contributed by atoms with Crippen LogP contribution < -0.4 is 10.7 Å². The number of phenolic OH excluding ortho intramolecular Hbond substituents is 1. The number of hydrogen-bond acceptors (Lipinski definition) is 7. The van der Waals surface area contributed by atoms with E-state index in [2.05, 4.69) is 20.7 Å². The summed E-state index contributed by atoms with van der Waals surface area (Å²) in [6.45, 7) is 4.83. The highest BCUT2D eigenvalue weighted by Gasteiger charge is 2.10. The maximum absolute atomic E-state index is 10.7. The fourth-order valence-corrected chi connectivity index (χ4v) is 2.27. The van der Waals surface area contributed by atoms with E-state index in [-0.39, 0.29) is 17.0 Å². The zero-order valence-corrected chi connectivity index (χ0v) is 13.8. The Hall–Kier alpha value is -2.30. The van der Waals surface area contributed by atoms with Gasteiger partial charge in [-0.15, -0.1) is 0 Å². The van der Waals surface area contributed by atoms with Crippen LogP contribution >= 0.6 is 12.2 Å². The fraction of sp³-hybridized carbons (Fsp3) is 0.429. The van der Waals surface area contributed by atoms with Gasteiger partial charge in [-0.25, -0.2) is 0 Å². The van der Waals surface area contributed by atoms with E-state index in [1.807, 2.05) is 0 Å². The zero-order chi connectivity index (χ0) is 17.4. The highest BCUT2D eigenvalue weighted by atomic mass is 32.1. The third-order valence-electron chi connectivity index (χ3n) is 3.41. The molecule has 0 aliphatic carbocycles. The average Bonchev–Trinajstić information content (AvgIpc) is 2.57. The largest absolute Gasteiger partial charge is 0.507 e. The van der Waals surface area contributed by atoms with Gasteiger partial charge in [-0.2, -0.15) is 5.10 Å². The molecule has 1 aromatic rings. The maximum atomic E-state index is 10.7. The summed E-state index contributed by atoms with van der Waals surface area (Å²) in [5.74, 6) is -0.0997. The molecule has 0 spiro atoms. The molecule has 1 aliphatic rings. The lowest BCUT2D eigenvalue weighted by Gasteiger charge is -2.26. The Morgan fingerprint density at radius 3 is 2.96 bits per heavy atom. The Labute approximate surface area is 144 Å². The minimum absolute atomic E-state index is 0.0997. The number of nitrogens with one attached hydrogen (secondary N) is 2. The van der Waals surface area contributed by atoms with Crippen LogP contribution in [0.4, 0.5) is 5.69 Å². The van der Waals surface area contributed by atoms with Crippen LogP contribution in [0.2, 0.25) is 0 Å². The second kappa shape index (κ2) is 9.11. The lowest BCUT2D eigenvalue weighted by molar-refractivity contribution is -0.384. The lowest BCUT2D eigenvalue weighted by Crippen LogP contribution is -2.42. The van der Waals surface area contributed by atoms with Crippen LogP contribution in [0.25, 0.3) is 0 Å². The van der Waals surface area contributed by atoms with Gasteiger partial charge in [0.05, 0.1) is 24.4 Å². The van der Waals surface area contributed by atoms with E-state index in [1.165, 1.54) is 24.4 Å². The number of benzene rings is 1. The van der Waals surface area contributed by atoms with Gasteiger partial charge in [0.15, 0.2) is 5.11 Å². The van der Waals surface area contributed by atoms with Crippen molar-refractivity contribution in [2.24, 2.45) is 5.10 Å². The van der Waals surface area contributed by atoms with E-state index >= 15 is 0 Å². The topological polar surface area (TPSA) is 112 Å². The van der Waals surface area contributed by atoms with Crippen molar-refractivity contribution in [2.75, 3.05) is 39.4 Å². The molecule has 10 heteroatoms. The van der Waals surface area contributed by atoms with Crippen molar-refractivity contribution in [3.05, 3.63) is 33.9 Å². The lowest BCUT2D eigenvalue weighted by atomic mass is 10.2. The van der Waals surface area contributed by atoms with Crippen LogP contribution in [0.3, 0.4) is 0 Å². The van der Waals surface area contributed by atoms with Gasteiger partial charge in [0.25, 0.3) is 5.69 Å². The molecule has 0 atom stereocenters. The van der Waals surface area contributed by atoms with Crippen molar-refractivity contribution in [1.29, 1.82) is 0 Å². The predicted octanol–water partition coefficient (Wildman–Crippen LogP) is 0.431. The molecular weight excluding hydrogens is 334 g/mol. The van der Waals surface area contributed by atoms with E-state index in [4.69, 9.17) is 17.0 Å². The minimum Gasteiger partial charge on any atom is -0.507 e. The zero-order valence-electron chi connectivity index (χ0n) is 13.0. The first-order valence-corrected chi connectivity index (χ1v) is 7.81. The Morgan fingerprint density at radius 1 is 1.50 bits per heavy atom. The number of nitrogens with zero attached hydrogens (tertiary/aromatic N) is 3. The van der Waals surface area contributed by atoms with Crippen LogP contribution in [0.15, 0.2) is 23.3 Å². The van der Waals surface area contributed by atoms with Gasteiger partial charge in [-0.05, 0) is 18.3 Å². The Bertz CT molecular complexity index is 619. The quantitative estimate of drug-likeness (QED) is 0.292. The summed E-state index contributed by atoms with van der Waals surface area (Å²) in [5, 5.41) is 27.6. The molecule has 0 unspecified atom stereocenters. The number of non-ortho nitro benzene ring substituents is 1. The number of morpholine rings is 1. The molecule has 0 radical (unpaired) electrons. The van der Waals surface area contributed by atoms with E-state index in [0.29, 0.717) is 11.7 Å². The standard InChI is InChI=1S/C14H19N5O4S/c20-13-2-1-12(19(21)22)9-11(13)10-16-17-14(24)15-3-4-18-5-7-23-8-6-18/h1-2,9-10,20H,3-8H2,(H2,15,17,24)/b16-10-. The molecule has 130 valence electrons. The summed E-state index contributed by atoms with van der Waals surface area (Å²) in [5.41, 5.74) is 2.72. The second-order valence-corrected chi connectivity index (χ2v) is 5.49. The number of phenols is 1. The molecule has 9 nitrogen and oxygen atoms in total. The molecule has 1 heterocycles. The number of nitro benzene ring substituents is 1.